The van der Waals surface area contributed by atoms with Crippen molar-refractivity contribution in [2.24, 2.45) is 0 Å². The molecule has 0 rings (SSSR count). The van der Waals surface area contributed by atoms with Crippen molar-refractivity contribution in [1.29, 1.82) is 0 Å². The summed E-state index contributed by atoms with van der Waals surface area (Å²) in [6.45, 7) is 9.99. The van der Waals surface area contributed by atoms with E-state index in [-0.39, 0.29) is 17.4 Å². The van der Waals surface area contributed by atoms with Crippen molar-refractivity contribution in [2.45, 2.75) is 47.1 Å². The average molecular weight is 268 g/mol. The standard InChI is InChI=1S/C6H12O2.C3H6O.C2H6O2S/c1-5(7)8-6(2,3)4;1-3(2)4;1-5(2,3)4/h1-4H3;1-2H3;1-2H3. The van der Waals surface area contributed by atoms with Gasteiger partial charge in [-0.3, -0.25) is 4.79 Å². The summed E-state index contributed by atoms with van der Waals surface area (Å²) in [5.74, 6) is -0.0579. The van der Waals surface area contributed by atoms with Crippen LogP contribution in [-0.4, -0.2) is 38.3 Å². The number of sulfone groups is 1. The first-order chi connectivity index (χ1) is 7.15. The van der Waals surface area contributed by atoms with E-state index in [9.17, 15) is 18.0 Å². The molecule has 0 aromatic heterocycles. The molecule has 0 heterocycles. The van der Waals surface area contributed by atoms with E-state index in [4.69, 9.17) is 4.74 Å². The van der Waals surface area contributed by atoms with E-state index in [1.54, 1.807) is 0 Å². The molecule has 17 heavy (non-hydrogen) atoms. The van der Waals surface area contributed by atoms with E-state index in [0.717, 1.165) is 12.5 Å². The predicted molar refractivity (Wildman–Crippen MR) is 68.6 cm³/mol. The summed E-state index contributed by atoms with van der Waals surface area (Å²) in [6.07, 6.45) is 2.32. The zero-order valence-corrected chi connectivity index (χ0v) is 12.8. The number of Topliss-reactive ketones (excluding diaryl/α,β-unsaturated/α-hetero) is 1. The summed E-state index contributed by atoms with van der Waals surface area (Å²) < 4.78 is 24.1. The maximum Gasteiger partial charge on any atom is 0.303 e. The van der Waals surface area contributed by atoms with Crippen LogP contribution in [0.4, 0.5) is 0 Å². The monoisotopic (exact) mass is 268 g/mol. The lowest BCUT2D eigenvalue weighted by atomic mass is 10.2. The van der Waals surface area contributed by atoms with Gasteiger partial charge in [-0.1, -0.05) is 0 Å². The summed E-state index contributed by atoms with van der Waals surface area (Å²) in [5.41, 5.74) is -0.328. The van der Waals surface area contributed by atoms with E-state index in [1.165, 1.54) is 20.8 Å². The Morgan fingerprint density at radius 1 is 0.941 bits per heavy atom. The lowest BCUT2D eigenvalue weighted by Gasteiger charge is -2.17. The highest BCUT2D eigenvalue weighted by Gasteiger charge is 2.11. The molecule has 0 aliphatic heterocycles. The van der Waals surface area contributed by atoms with Gasteiger partial charge in [0, 0.05) is 19.4 Å². The first-order valence-corrected chi connectivity index (χ1v) is 7.27. The van der Waals surface area contributed by atoms with Gasteiger partial charge in [-0.2, -0.15) is 0 Å². The third kappa shape index (κ3) is 155. The third-order valence-corrected chi connectivity index (χ3v) is 0.450. The lowest BCUT2D eigenvalue weighted by Crippen LogP contribution is -2.21. The van der Waals surface area contributed by atoms with Crippen LogP contribution in [0.3, 0.4) is 0 Å². The van der Waals surface area contributed by atoms with Gasteiger partial charge in [-0.25, -0.2) is 8.42 Å². The van der Waals surface area contributed by atoms with Crippen molar-refractivity contribution in [3.05, 3.63) is 0 Å². The molecule has 0 saturated heterocycles. The van der Waals surface area contributed by atoms with Crippen LogP contribution >= 0.6 is 0 Å². The number of hydrogen-bond acceptors (Lipinski definition) is 5. The highest BCUT2D eigenvalue weighted by molar-refractivity contribution is 7.89. The molecular weight excluding hydrogens is 244 g/mol. The first kappa shape index (κ1) is 21.4. The minimum atomic E-state index is -2.67. The minimum absolute atomic E-state index is 0.167. The molecule has 0 bridgehead atoms. The Hall–Kier alpha value is -0.910. The lowest BCUT2D eigenvalue weighted by molar-refractivity contribution is -0.151. The van der Waals surface area contributed by atoms with Crippen molar-refractivity contribution in [1.82, 2.24) is 0 Å². The molecule has 0 fully saturated rings. The Morgan fingerprint density at radius 3 is 1.12 bits per heavy atom. The van der Waals surface area contributed by atoms with Gasteiger partial charge >= 0.3 is 5.97 Å². The third-order valence-electron chi connectivity index (χ3n) is 0.450. The van der Waals surface area contributed by atoms with E-state index in [1.807, 2.05) is 20.8 Å². The summed E-state index contributed by atoms with van der Waals surface area (Å²) in [7, 11) is -2.67. The van der Waals surface area contributed by atoms with E-state index in [0.29, 0.717) is 0 Å². The zero-order chi connectivity index (χ0) is 14.9. The fourth-order valence-corrected chi connectivity index (χ4v) is 0.431. The summed E-state index contributed by atoms with van der Waals surface area (Å²) in [5, 5.41) is 0. The van der Waals surface area contributed by atoms with Crippen molar-refractivity contribution in [2.75, 3.05) is 12.5 Å². The number of hydrogen-bond donors (Lipinski definition) is 0. The molecule has 0 N–H and O–H groups in total. The van der Waals surface area contributed by atoms with E-state index < -0.39 is 9.84 Å². The Morgan fingerprint density at radius 2 is 1.12 bits per heavy atom. The van der Waals surface area contributed by atoms with Crippen LogP contribution < -0.4 is 0 Å². The number of carbonyl (C=O) groups is 2. The Kier molecular flexibility index (Phi) is 11.5. The SMILES string of the molecule is CC(=O)OC(C)(C)C.CC(C)=O.CS(C)(=O)=O. The average Bonchev–Trinajstić information content (AvgIpc) is 1.71. The quantitative estimate of drug-likeness (QED) is 0.624. The maximum atomic E-state index is 10.2. The fourth-order valence-electron chi connectivity index (χ4n) is 0.431. The maximum absolute atomic E-state index is 10.2. The second-order valence-electron chi connectivity index (χ2n) is 4.76. The van der Waals surface area contributed by atoms with Crippen LogP contribution in [0.5, 0.6) is 0 Å². The van der Waals surface area contributed by atoms with Crippen LogP contribution in [0.25, 0.3) is 0 Å². The molecule has 5 nitrogen and oxygen atoms in total. The Bertz CT molecular complexity index is 310. The molecule has 0 spiro atoms. The smallest absolute Gasteiger partial charge is 0.303 e. The molecule has 104 valence electrons. The van der Waals surface area contributed by atoms with Crippen molar-refractivity contribution in [3.8, 4) is 0 Å². The summed E-state index contributed by atoms with van der Waals surface area (Å²) in [6, 6.07) is 0. The highest BCUT2D eigenvalue weighted by Crippen LogP contribution is 2.05. The van der Waals surface area contributed by atoms with Gasteiger partial charge in [0.1, 0.15) is 21.2 Å². The molecule has 0 aliphatic rings. The molecule has 6 heteroatoms. The largest absolute Gasteiger partial charge is 0.460 e. The number of carbonyl (C=O) groups excluding carboxylic acids is 2. The topological polar surface area (TPSA) is 77.5 Å². The minimum Gasteiger partial charge on any atom is -0.460 e. The number of esters is 1. The molecule has 0 amide bonds. The molecule has 0 atom stereocenters. The fraction of sp³-hybridized carbons (Fsp3) is 0.818. The first-order valence-electron chi connectivity index (χ1n) is 4.97. The van der Waals surface area contributed by atoms with Crippen molar-refractivity contribution >= 4 is 21.6 Å². The van der Waals surface area contributed by atoms with Gasteiger partial charge < -0.3 is 9.53 Å². The molecule has 0 aliphatic carbocycles. The summed E-state index contributed by atoms with van der Waals surface area (Å²) >= 11 is 0. The van der Waals surface area contributed by atoms with Crippen LogP contribution in [-0.2, 0) is 24.2 Å². The number of ketones is 1. The Labute approximate surface area is 104 Å². The van der Waals surface area contributed by atoms with Gasteiger partial charge in [0.05, 0.1) is 0 Å². The Balaban J connectivity index is -0.000000188. The van der Waals surface area contributed by atoms with Gasteiger partial charge in [-0.05, 0) is 34.6 Å². The van der Waals surface area contributed by atoms with Crippen molar-refractivity contribution < 1.29 is 22.7 Å². The molecule has 0 aromatic carbocycles. The zero-order valence-electron chi connectivity index (χ0n) is 11.9. The van der Waals surface area contributed by atoms with Crippen LogP contribution in [0.1, 0.15) is 41.5 Å². The molecule has 0 saturated carbocycles. The van der Waals surface area contributed by atoms with Gasteiger partial charge in [0.25, 0.3) is 0 Å². The van der Waals surface area contributed by atoms with Crippen molar-refractivity contribution in [3.63, 3.8) is 0 Å². The van der Waals surface area contributed by atoms with E-state index >= 15 is 0 Å². The van der Waals surface area contributed by atoms with Gasteiger partial charge in [0.2, 0.25) is 0 Å². The normalized spacial score (nSPS) is 10.1. The highest BCUT2D eigenvalue weighted by atomic mass is 32.2. The van der Waals surface area contributed by atoms with Crippen LogP contribution in [0.15, 0.2) is 0 Å². The van der Waals surface area contributed by atoms with Gasteiger partial charge in [-0.15, -0.1) is 0 Å². The van der Waals surface area contributed by atoms with E-state index in [2.05, 4.69) is 0 Å². The van der Waals surface area contributed by atoms with Crippen LogP contribution in [0, 0.1) is 0 Å². The predicted octanol–water partition coefficient (Wildman–Crippen LogP) is 1.60. The second-order valence-corrected chi connectivity index (χ2v) is 7.04. The summed E-state index contributed by atoms with van der Waals surface area (Å²) in [4.78, 5) is 19.7. The molecule has 0 unspecified atom stereocenters. The molecule has 0 radical (unpaired) electrons. The number of ether oxygens (including phenoxy) is 1. The van der Waals surface area contributed by atoms with Crippen LogP contribution in [0.2, 0.25) is 0 Å². The second kappa shape index (κ2) is 9.15. The molecular formula is C11H24O5S. The van der Waals surface area contributed by atoms with Gasteiger partial charge in [0.15, 0.2) is 0 Å². The molecule has 0 aromatic rings. The number of rotatable bonds is 0.